The molecule has 0 unspecified atom stereocenters. The average molecular weight is 550 g/mol. The first-order valence-corrected chi connectivity index (χ1v) is 12.1. The van der Waals surface area contributed by atoms with Crippen molar-refractivity contribution in [3.8, 4) is 11.5 Å². The van der Waals surface area contributed by atoms with Crippen LogP contribution < -0.4 is 14.9 Å². The smallest absolute Gasteiger partial charge is 0.244 e. The van der Waals surface area contributed by atoms with Gasteiger partial charge in [0.2, 0.25) is 5.91 Å². The predicted molar refractivity (Wildman–Crippen MR) is 128 cm³/mol. The van der Waals surface area contributed by atoms with Gasteiger partial charge in [-0.2, -0.15) is 5.10 Å². The Labute approximate surface area is 199 Å². The Morgan fingerprint density at radius 2 is 2.03 bits per heavy atom. The molecule has 0 radical (unpaired) electrons. The average Bonchev–Trinajstić information content (AvgIpc) is 3.39. The fourth-order valence-corrected chi connectivity index (χ4v) is 5.62. The summed E-state index contributed by atoms with van der Waals surface area (Å²) in [5.74, 6) is 1.88. The molecule has 2 saturated carbocycles. The number of halogens is 2. The fraction of sp³-hybridized carbons (Fsp3) is 0.417. The highest BCUT2D eigenvalue weighted by Crippen LogP contribution is 2.66. The topological polar surface area (TPSA) is 59.9 Å². The van der Waals surface area contributed by atoms with Crippen molar-refractivity contribution in [2.75, 3.05) is 7.11 Å². The molecule has 31 heavy (non-hydrogen) atoms. The largest absolute Gasteiger partial charge is 0.493 e. The first-order valence-electron chi connectivity index (χ1n) is 10.5. The minimum Gasteiger partial charge on any atom is -0.493 e. The summed E-state index contributed by atoms with van der Waals surface area (Å²) < 4.78 is 13.3. The van der Waals surface area contributed by atoms with Crippen LogP contribution in [0.1, 0.15) is 43.7 Å². The van der Waals surface area contributed by atoms with Gasteiger partial charge in [-0.05, 0) is 75.5 Å². The predicted octanol–water partition coefficient (Wildman–Crippen LogP) is 6.08. The summed E-state index contributed by atoms with van der Waals surface area (Å²) in [6.45, 7) is 2.66. The lowest BCUT2D eigenvalue weighted by molar-refractivity contribution is -0.123. The van der Waals surface area contributed by atoms with Crippen molar-refractivity contribution >= 4 is 44.0 Å². The molecule has 2 aromatic carbocycles. The fourth-order valence-electron chi connectivity index (χ4n) is 4.78. The van der Waals surface area contributed by atoms with E-state index in [2.05, 4.69) is 49.3 Å². The zero-order valence-corrected chi connectivity index (χ0v) is 20.8. The van der Waals surface area contributed by atoms with Crippen LogP contribution in [0.3, 0.4) is 0 Å². The number of hydrogen-bond donors (Lipinski definition) is 1. The summed E-state index contributed by atoms with van der Waals surface area (Å²) in [5, 5.41) is 4.19. The lowest BCUT2D eigenvalue weighted by Crippen LogP contribution is -2.22. The minimum atomic E-state index is 0.0335. The first-order chi connectivity index (χ1) is 14.9. The molecular weight excluding hydrogens is 524 g/mol. The molecule has 2 fully saturated rings. The number of nitrogens with one attached hydrogen (secondary N) is 1. The SMILES string of the molecule is COc1cc(/C=N\NC(=O)[C@@H]2[C@H]3CCCC[C@]32C)cc(Br)c1OCc1ccc(Br)cc1. The monoisotopic (exact) mass is 548 g/mol. The van der Waals surface area contributed by atoms with E-state index in [0.29, 0.717) is 24.0 Å². The van der Waals surface area contributed by atoms with Gasteiger partial charge in [0.15, 0.2) is 11.5 Å². The highest BCUT2D eigenvalue weighted by molar-refractivity contribution is 9.10. The third-order valence-corrected chi connectivity index (χ3v) is 7.67. The van der Waals surface area contributed by atoms with Crippen molar-refractivity contribution < 1.29 is 14.3 Å². The maximum atomic E-state index is 12.6. The van der Waals surface area contributed by atoms with Gasteiger partial charge < -0.3 is 9.47 Å². The summed E-state index contributed by atoms with van der Waals surface area (Å²) in [4.78, 5) is 12.6. The lowest BCUT2D eigenvalue weighted by atomic mass is 9.90. The molecule has 0 spiro atoms. The number of nitrogens with zero attached hydrogens (tertiary/aromatic N) is 1. The number of hydrazone groups is 1. The maximum Gasteiger partial charge on any atom is 0.244 e. The maximum absolute atomic E-state index is 12.6. The quantitative estimate of drug-likeness (QED) is 0.336. The van der Waals surface area contributed by atoms with Crippen LogP contribution in [0.5, 0.6) is 11.5 Å². The number of amides is 1. The Bertz CT molecular complexity index is 993. The molecule has 5 nitrogen and oxygen atoms in total. The molecule has 1 amide bonds. The van der Waals surface area contributed by atoms with Crippen LogP contribution in [0.15, 0.2) is 50.4 Å². The molecule has 1 N–H and O–H groups in total. The first kappa shape index (κ1) is 22.3. The van der Waals surface area contributed by atoms with Crippen molar-refractivity contribution in [2.45, 2.75) is 39.2 Å². The van der Waals surface area contributed by atoms with E-state index in [-0.39, 0.29) is 17.2 Å². The molecule has 7 heteroatoms. The van der Waals surface area contributed by atoms with E-state index in [1.54, 1.807) is 13.3 Å². The summed E-state index contributed by atoms with van der Waals surface area (Å²) in [5.41, 5.74) is 4.78. The standard InChI is InChI=1S/C24H26Br2N2O3/c1-24-10-4-3-5-18(24)21(24)23(29)28-27-13-16-11-19(26)22(20(12-16)30-2)31-14-15-6-8-17(25)9-7-15/h6-9,11-13,18,21H,3-5,10,14H2,1-2H3,(H,28,29)/b27-13-/t18-,21+,24-/m1/s1. The van der Waals surface area contributed by atoms with Gasteiger partial charge in [0.1, 0.15) is 6.61 Å². The van der Waals surface area contributed by atoms with Crippen LogP contribution in [0, 0.1) is 17.3 Å². The molecule has 0 heterocycles. The summed E-state index contributed by atoms with van der Waals surface area (Å²) in [6.07, 6.45) is 6.40. The number of rotatable bonds is 7. The number of benzene rings is 2. The normalized spacial score (nSPS) is 24.5. The molecule has 0 bridgehead atoms. The molecule has 3 atom stereocenters. The van der Waals surface area contributed by atoms with E-state index < -0.39 is 0 Å². The van der Waals surface area contributed by atoms with Crippen LogP contribution in [-0.4, -0.2) is 19.2 Å². The molecule has 0 saturated heterocycles. The second-order valence-corrected chi connectivity index (χ2v) is 10.3. The number of hydrogen-bond acceptors (Lipinski definition) is 4. The van der Waals surface area contributed by atoms with Gasteiger partial charge in [-0.3, -0.25) is 4.79 Å². The van der Waals surface area contributed by atoms with Crippen molar-refractivity contribution in [3.05, 3.63) is 56.5 Å². The Balaban J connectivity index is 1.39. The Morgan fingerprint density at radius 3 is 2.71 bits per heavy atom. The Kier molecular flexibility index (Phi) is 6.72. The lowest BCUT2D eigenvalue weighted by Gasteiger charge is -2.15. The van der Waals surface area contributed by atoms with E-state index >= 15 is 0 Å². The third-order valence-electron chi connectivity index (χ3n) is 6.55. The number of carbonyl (C=O) groups excluding carboxylic acids is 1. The minimum absolute atomic E-state index is 0.0335. The number of fused-ring (bicyclic) bond motifs is 1. The summed E-state index contributed by atoms with van der Waals surface area (Å²) >= 11 is 7.00. The van der Waals surface area contributed by atoms with Gasteiger partial charge in [0, 0.05) is 10.4 Å². The van der Waals surface area contributed by atoms with Crippen LogP contribution in [0.25, 0.3) is 0 Å². The van der Waals surface area contributed by atoms with E-state index in [4.69, 9.17) is 9.47 Å². The molecular formula is C24H26Br2N2O3. The van der Waals surface area contributed by atoms with Crippen LogP contribution >= 0.6 is 31.9 Å². The van der Waals surface area contributed by atoms with Crippen LogP contribution in [0.2, 0.25) is 0 Å². The van der Waals surface area contributed by atoms with Gasteiger partial charge in [0.25, 0.3) is 0 Å². The second-order valence-electron chi connectivity index (χ2n) is 8.52. The van der Waals surface area contributed by atoms with Crippen LogP contribution in [-0.2, 0) is 11.4 Å². The van der Waals surface area contributed by atoms with Gasteiger partial charge in [-0.25, -0.2) is 5.43 Å². The van der Waals surface area contributed by atoms with Gasteiger partial charge in [-0.1, -0.05) is 47.8 Å². The molecule has 4 rings (SSSR count). The molecule has 0 aromatic heterocycles. The Morgan fingerprint density at radius 1 is 1.26 bits per heavy atom. The molecule has 2 aliphatic rings. The van der Waals surface area contributed by atoms with Gasteiger partial charge >= 0.3 is 0 Å². The molecule has 2 aliphatic carbocycles. The zero-order chi connectivity index (χ0) is 22.0. The van der Waals surface area contributed by atoms with Crippen LogP contribution in [0.4, 0.5) is 0 Å². The van der Waals surface area contributed by atoms with E-state index in [1.807, 2.05) is 36.4 Å². The second kappa shape index (κ2) is 9.33. The van der Waals surface area contributed by atoms with Crippen molar-refractivity contribution in [1.29, 1.82) is 0 Å². The highest BCUT2D eigenvalue weighted by atomic mass is 79.9. The number of methoxy groups -OCH3 is 1. The van der Waals surface area contributed by atoms with Crippen molar-refractivity contribution in [3.63, 3.8) is 0 Å². The van der Waals surface area contributed by atoms with E-state index in [1.165, 1.54) is 12.8 Å². The number of ether oxygens (including phenoxy) is 2. The van der Waals surface area contributed by atoms with Crippen molar-refractivity contribution in [2.24, 2.45) is 22.4 Å². The van der Waals surface area contributed by atoms with Gasteiger partial charge in [-0.15, -0.1) is 0 Å². The number of carbonyl (C=O) groups is 1. The molecule has 164 valence electrons. The van der Waals surface area contributed by atoms with Gasteiger partial charge in [0.05, 0.1) is 17.8 Å². The Hall–Kier alpha value is -1.86. The summed E-state index contributed by atoms with van der Waals surface area (Å²) in [7, 11) is 1.60. The highest BCUT2D eigenvalue weighted by Gasteiger charge is 2.64. The summed E-state index contributed by atoms with van der Waals surface area (Å²) in [6, 6.07) is 11.7. The molecule has 2 aromatic rings. The van der Waals surface area contributed by atoms with E-state index in [0.717, 1.165) is 32.9 Å². The molecule has 0 aliphatic heterocycles. The third kappa shape index (κ3) is 4.82. The zero-order valence-electron chi connectivity index (χ0n) is 17.7. The van der Waals surface area contributed by atoms with Crippen molar-refractivity contribution in [1.82, 2.24) is 5.43 Å². The van der Waals surface area contributed by atoms with E-state index in [9.17, 15) is 4.79 Å².